The van der Waals surface area contributed by atoms with Crippen LogP contribution in [0.5, 0.6) is 0 Å². The van der Waals surface area contributed by atoms with Crippen molar-refractivity contribution in [2.45, 2.75) is 78.2 Å². The topological polar surface area (TPSA) is 61.1 Å². The standard InChI is InChI=1S/C20H31NO2/c1-13(22)15-6-7-16-14-5-8-18(23)20(3,10-4-12-21)17(14)9-11-19(15,16)2/h13-17,22H,4-11H2,1-3H3. The third-order valence-corrected chi connectivity index (χ3v) is 8.01. The number of nitrogens with zero attached hydrogens (tertiary/aromatic N) is 1. The summed E-state index contributed by atoms with van der Waals surface area (Å²) in [4.78, 5) is 12.7. The quantitative estimate of drug-likeness (QED) is 0.852. The maximum absolute atomic E-state index is 12.7. The molecule has 0 saturated heterocycles. The molecule has 0 aliphatic heterocycles. The Labute approximate surface area is 140 Å². The molecule has 0 heterocycles. The molecule has 3 fully saturated rings. The number of nitriles is 1. The number of hydrogen-bond acceptors (Lipinski definition) is 3. The van der Waals surface area contributed by atoms with Crippen LogP contribution >= 0.6 is 0 Å². The van der Waals surface area contributed by atoms with Gasteiger partial charge in [-0.15, -0.1) is 0 Å². The monoisotopic (exact) mass is 317 g/mol. The minimum Gasteiger partial charge on any atom is -0.393 e. The van der Waals surface area contributed by atoms with Crippen molar-refractivity contribution in [3.8, 4) is 6.07 Å². The van der Waals surface area contributed by atoms with Gasteiger partial charge < -0.3 is 5.11 Å². The van der Waals surface area contributed by atoms with E-state index in [9.17, 15) is 9.90 Å². The summed E-state index contributed by atoms with van der Waals surface area (Å²) in [7, 11) is 0. The molecule has 0 aromatic carbocycles. The van der Waals surface area contributed by atoms with Crippen LogP contribution in [0, 0.1) is 45.8 Å². The highest BCUT2D eigenvalue weighted by Gasteiger charge is 2.59. The Morgan fingerprint density at radius 2 is 2.00 bits per heavy atom. The van der Waals surface area contributed by atoms with Crippen molar-refractivity contribution >= 4 is 5.78 Å². The molecule has 3 heteroatoms. The molecule has 0 bridgehead atoms. The van der Waals surface area contributed by atoms with E-state index in [2.05, 4.69) is 19.9 Å². The lowest BCUT2D eigenvalue weighted by atomic mass is 9.48. The van der Waals surface area contributed by atoms with Crippen LogP contribution in [0.4, 0.5) is 0 Å². The van der Waals surface area contributed by atoms with E-state index in [1.807, 2.05) is 6.92 Å². The first-order chi connectivity index (χ1) is 10.8. The number of ketones is 1. The van der Waals surface area contributed by atoms with Crippen molar-refractivity contribution in [1.29, 1.82) is 5.26 Å². The molecular formula is C20H31NO2. The van der Waals surface area contributed by atoms with Gasteiger partial charge in [-0.25, -0.2) is 0 Å². The van der Waals surface area contributed by atoms with Crippen LogP contribution in [0.15, 0.2) is 0 Å². The Kier molecular flexibility index (Phi) is 4.34. The van der Waals surface area contributed by atoms with Gasteiger partial charge in [0.15, 0.2) is 0 Å². The summed E-state index contributed by atoms with van der Waals surface area (Å²) in [6, 6.07) is 2.25. The molecule has 3 aliphatic rings. The van der Waals surface area contributed by atoms with Crippen LogP contribution < -0.4 is 0 Å². The van der Waals surface area contributed by atoms with Gasteiger partial charge in [0.05, 0.1) is 12.2 Å². The summed E-state index contributed by atoms with van der Waals surface area (Å²) in [6.45, 7) is 6.47. The number of fused-ring (bicyclic) bond motifs is 3. The molecule has 7 unspecified atom stereocenters. The van der Waals surface area contributed by atoms with E-state index < -0.39 is 0 Å². The van der Waals surface area contributed by atoms with Crippen molar-refractivity contribution < 1.29 is 9.90 Å². The lowest BCUT2D eigenvalue weighted by Gasteiger charge is -2.56. The van der Waals surface area contributed by atoms with Gasteiger partial charge >= 0.3 is 0 Å². The molecule has 3 saturated carbocycles. The summed E-state index contributed by atoms with van der Waals surface area (Å²) < 4.78 is 0. The summed E-state index contributed by atoms with van der Waals surface area (Å²) in [5.41, 5.74) is -0.0469. The molecule has 0 amide bonds. The first-order valence-electron chi connectivity index (χ1n) is 9.43. The number of carbonyl (C=O) groups excluding carboxylic acids is 1. The third kappa shape index (κ3) is 2.45. The van der Waals surface area contributed by atoms with Gasteiger partial charge in [0, 0.05) is 18.3 Å². The molecule has 0 spiro atoms. The normalized spacial score (nSPS) is 47.5. The molecule has 3 nitrogen and oxygen atoms in total. The van der Waals surface area contributed by atoms with Crippen LogP contribution in [0.25, 0.3) is 0 Å². The zero-order valence-electron chi connectivity index (χ0n) is 14.8. The van der Waals surface area contributed by atoms with Crippen molar-refractivity contribution in [1.82, 2.24) is 0 Å². The highest BCUT2D eigenvalue weighted by Crippen LogP contribution is 2.64. The minimum atomic E-state index is -0.289. The second-order valence-corrected chi connectivity index (χ2v) is 8.88. The van der Waals surface area contributed by atoms with Gasteiger partial charge in [-0.1, -0.05) is 13.8 Å². The maximum Gasteiger partial charge on any atom is 0.139 e. The molecular weight excluding hydrogens is 286 g/mol. The molecule has 0 aromatic heterocycles. The number of hydrogen-bond donors (Lipinski definition) is 1. The van der Waals surface area contributed by atoms with E-state index >= 15 is 0 Å². The van der Waals surface area contributed by atoms with Gasteiger partial charge in [-0.05, 0) is 74.5 Å². The highest BCUT2D eigenvalue weighted by molar-refractivity contribution is 5.85. The predicted octanol–water partition coefficient (Wildman–Crippen LogP) is 4.10. The number of aliphatic hydroxyl groups is 1. The van der Waals surface area contributed by atoms with Crippen molar-refractivity contribution in [2.24, 2.45) is 34.5 Å². The summed E-state index contributed by atoms with van der Waals surface area (Å²) in [6.07, 6.45) is 7.26. The summed E-state index contributed by atoms with van der Waals surface area (Å²) in [5.74, 6) is 2.51. The summed E-state index contributed by atoms with van der Waals surface area (Å²) in [5, 5.41) is 19.2. The molecule has 128 valence electrons. The van der Waals surface area contributed by atoms with Crippen LogP contribution in [-0.4, -0.2) is 17.0 Å². The molecule has 0 aromatic rings. The fraction of sp³-hybridized carbons (Fsp3) is 0.900. The number of aliphatic hydroxyl groups excluding tert-OH is 1. The zero-order chi connectivity index (χ0) is 16.8. The van der Waals surface area contributed by atoms with Crippen LogP contribution in [0.2, 0.25) is 0 Å². The van der Waals surface area contributed by atoms with E-state index in [1.54, 1.807) is 0 Å². The SMILES string of the molecule is CC(O)C1CCC2C3CCC(=O)C(C)(CCC#N)C3CCC12C. The second kappa shape index (κ2) is 5.88. The lowest BCUT2D eigenvalue weighted by Crippen LogP contribution is -2.52. The van der Waals surface area contributed by atoms with Gasteiger partial charge in [-0.3, -0.25) is 4.79 Å². The first-order valence-corrected chi connectivity index (χ1v) is 9.43. The average Bonchev–Trinajstić information content (AvgIpc) is 2.86. The van der Waals surface area contributed by atoms with Crippen LogP contribution in [0.1, 0.15) is 72.1 Å². The van der Waals surface area contributed by atoms with Crippen molar-refractivity contribution in [2.75, 3.05) is 0 Å². The van der Waals surface area contributed by atoms with E-state index in [0.717, 1.165) is 32.1 Å². The van der Waals surface area contributed by atoms with E-state index in [-0.39, 0.29) is 16.9 Å². The summed E-state index contributed by atoms with van der Waals surface area (Å²) >= 11 is 0. The number of Topliss-reactive ketones (excluding diaryl/α,β-unsaturated/α-hetero) is 1. The Bertz CT molecular complexity index is 522. The number of carbonyl (C=O) groups is 1. The van der Waals surface area contributed by atoms with Gasteiger partial charge in [0.25, 0.3) is 0 Å². The van der Waals surface area contributed by atoms with E-state index in [4.69, 9.17) is 5.26 Å². The average molecular weight is 317 g/mol. The lowest BCUT2D eigenvalue weighted by molar-refractivity contribution is -0.146. The molecule has 7 atom stereocenters. The Balaban J connectivity index is 1.88. The molecule has 1 N–H and O–H groups in total. The van der Waals surface area contributed by atoms with E-state index in [0.29, 0.717) is 42.3 Å². The first kappa shape index (κ1) is 17.0. The minimum absolute atomic E-state index is 0.225. The molecule has 0 radical (unpaired) electrons. The fourth-order valence-electron chi connectivity index (χ4n) is 6.74. The Morgan fingerprint density at radius 3 is 2.65 bits per heavy atom. The highest BCUT2D eigenvalue weighted by atomic mass is 16.3. The van der Waals surface area contributed by atoms with Gasteiger partial charge in [0.2, 0.25) is 0 Å². The van der Waals surface area contributed by atoms with Crippen LogP contribution in [-0.2, 0) is 4.79 Å². The van der Waals surface area contributed by atoms with E-state index in [1.165, 1.54) is 6.42 Å². The van der Waals surface area contributed by atoms with Gasteiger partial charge in [0.1, 0.15) is 5.78 Å². The smallest absolute Gasteiger partial charge is 0.139 e. The Morgan fingerprint density at radius 1 is 1.26 bits per heavy atom. The maximum atomic E-state index is 12.7. The zero-order valence-corrected chi connectivity index (χ0v) is 14.8. The van der Waals surface area contributed by atoms with Crippen molar-refractivity contribution in [3.05, 3.63) is 0 Å². The number of rotatable bonds is 3. The Hall–Kier alpha value is -0.880. The molecule has 23 heavy (non-hydrogen) atoms. The molecule has 3 rings (SSSR count). The van der Waals surface area contributed by atoms with Crippen molar-refractivity contribution in [3.63, 3.8) is 0 Å². The predicted molar refractivity (Wildman–Crippen MR) is 89.4 cm³/mol. The largest absolute Gasteiger partial charge is 0.393 e. The fourth-order valence-corrected chi connectivity index (χ4v) is 6.74. The second-order valence-electron chi connectivity index (χ2n) is 8.88. The third-order valence-electron chi connectivity index (χ3n) is 8.01. The van der Waals surface area contributed by atoms with Crippen LogP contribution in [0.3, 0.4) is 0 Å². The molecule has 3 aliphatic carbocycles. The van der Waals surface area contributed by atoms with Gasteiger partial charge in [-0.2, -0.15) is 5.26 Å².